The molecule has 0 aromatic heterocycles. The minimum Gasteiger partial charge on any atom is -0.457 e. The smallest absolute Gasteiger partial charge is 0.271 e. The van der Waals surface area contributed by atoms with Crippen LogP contribution < -0.4 is 15.1 Å². The van der Waals surface area contributed by atoms with Crippen molar-refractivity contribution in [2.75, 3.05) is 10.3 Å². The molecule has 1 N–H and O–H groups in total. The highest BCUT2D eigenvalue weighted by atomic mass is 35.5. The third kappa shape index (κ3) is 4.67. The fourth-order valence-electron chi connectivity index (χ4n) is 2.93. The Bertz CT molecular complexity index is 1080. The summed E-state index contributed by atoms with van der Waals surface area (Å²) in [7, 11) is 0. The normalized spacial score (nSPS) is 13.6. The molecule has 0 bridgehead atoms. The first-order valence-corrected chi connectivity index (χ1v) is 9.76. The number of benzene rings is 3. The number of ether oxygens (including phenoxy) is 1. The molecule has 4 rings (SSSR count). The van der Waals surface area contributed by atoms with E-state index in [0.29, 0.717) is 22.1 Å². The van der Waals surface area contributed by atoms with Crippen LogP contribution in [-0.2, 0) is 9.59 Å². The third-order valence-electron chi connectivity index (χ3n) is 4.46. The molecule has 0 fully saturated rings. The molecule has 2 amide bonds. The summed E-state index contributed by atoms with van der Waals surface area (Å²) in [6.45, 7) is 0. The molecule has 7 heteroatoms. The monoisotopic (exact) mass is 419 g/mol. The van der Waals surface area contributed by atoms with Crippen molar-refractivity contribution in [2.24, 2.45) is 5.10 Å². The molecular formula is C23H18ClN3O3. The molecule has 1 aliphatic rings. The van der Waals surface area contributed by atoms with E-state index in [-0.39, 0.29) is 30.4 Å². The van der Waals surface area contributed by atoms with Gasteiger partial charge in [-0.3, -0.25) is 9.59 Å². The summed E-state index contributed by atoms with van der Waals surface area (Å²) in [6.07, 6.45) is 0.489. The second kappa shape index (κ2) is 8.80. The Labute approximate surface area is 178 Å². The highest BCUT2D eigenvalue weighted by Crippen LogP contribution is 2.24. The van der Waals surface area contributed by atoms with Crippen LogP contribution in [0.2, 0.25) is 5.02 Å². The van der Waals surface area contributed by atoms with Crippen LogP contribution >= 0.6 is 11.6 Å². The Morgan fingerprint density at radius 1 is 0.900 bits per heavy atom. The molecular weight excluding hydrogens is 402 g/mol. The molecule has 6 nitrogen and oxygen atoms in total. The van der Waals surface area contributed by atoms with Crippen molar-refractivity contribution < 1.29 is 14.3 Å². The van der Waals surface area contributed by atoms with Crippen molar-refractivity contribution in [1.82, 2.24) is 0 Å². The number of carbonyl (C=O) groups excluding carboxylic acids is 2. The zero-order chi connectivity index (χ0) is 20.9. The number of para-hydroxylation sites is 1. The Morgan fingerprint density at radius 3 is 2.27 bits per heavy atom. The highest BCUT2D eigenvalue weighted by Gasteiger charge is 2.25. The number of nitrogens with one attached hydrogen (secondary N) is 1. The number of carbonyl (C=O) groups is 2. The second-order valence-electron chi connectivity index (χ2n) is 6.62. The summed E-state index contributed by atoms with van der Waals surface area (Å²) < 4.78 is 5.75. The number of nitrogens with zero attached hydrogens (tertiary/aromatic N) is 2. The lowest BCUT2D eigenvalue weighted by atomic mass is 10.1. The van der Waals surface area contributed by atoms with Gasteiger partial charge in [-0.25, -0.2) is 5.01 Å². The Morgan fingerprint density at radius 2 is 1.57 bits per heavy atom. The quantitative estimate of drug-likeness (QED) is 0.613. The van der Waals surface area contributed by atoms with Gasteiger partial charge in [-0.05, 0) is 60.7 Å². The molecule has 1 aliphatic heterocycles. The molecule has 3 aromatic carbocycles. The number of anilines is 2. The molecule has 30 heavy (non-hydrogen) atoms. The van der Waals surface area contributed by atoms with Gasteiger partial charge in [0.15, 0.2) is 0 Å². The van der Waals surface area contributed by atoms with Crippen molar-refractivity contribution in [1.29, 1.82) is 0 Å². The zero-order valence-corrected chi connectivity index (χ0v) is 16.7. The summed E-state index contributed by atoms with van der Waals surface area (Å²) in [5.41, 5.74) is 1.46. The van der Waals surface area contributed by atoms with Gasteiger partial charge in [-0.2, -0.15) is 5.10 Å². The van der Waals surface area contributed by atoms with Gasteiger partial charge in [-0.15, -0.1) is 0 Å². The number of hydrogen-bond donors (Lipinski definition) is 1. The molecule has 1 heterocycles. The van der Waals surface area contributed by atoms with Gasteiger partial charge < -0.3 is 10.1 Å². The van der Waals surface area contributed by atoms with E-state index in [9.17, 15) is 9.59 Å². The van der Waals surface area contributed by atoms with Crippen LogP contribution in [0.25, 0.3) is 0 Å². The van der Waals surface area contributed by atoms with Crippen LogP contribution in [0.1, 0.15) is 12.8 Å². The van der Waals surface area contributed by atoms with E-state index in [1.54, 1.807) is 48.5 Å². The van der Waals surface area contributed by atoms with E-state index in [4.69, 9.17) is 16.3 Å². The number of halogens is 1. The molecule has 150 valence electrons. The van der Waals surface area contributed by atoms with Crippen LogP contribution in [0.5, 0.6) is 11.5 Å². The number of hydrogen-bond acceptors (Lipinski definition) is 4. The van der Waals surface area contributed by atoms with Crippen molar-refractivity contribution in [3.63, 3.8) is 0 Å². The molecule has 0 saturated carbocycles. The molecule has 3 aromatic rings. The number of hydrazone groups is 1. The minimum absolute atomic E-state index is 0.170. The molecule has 0 atom stereocenters. The topological polar surface area (TPSA) is 71.0 Å². The average molecular weight is 420 g/mol. The Balaban J connectivity index is 1.44. The van der Waals surface area contributed by atoms with Crippen LogP contribution in [0.3, 0.4) is 0 Å². The summed E-state index contributed by atoms with van der Waals surface area (Å²) in [5.74, 6) is 0.876. The van der Waals surface area contributed by atoms with Crippen LogP contribution in [0.4, 0.5) is 11.4 Å². The van der Waals surface area contributed by atoms with Crippen LogP contribution in [0.15, 0.2) is 84.0 Å². The van der Waals surface area contributed by atoms with Crippen molar-refractivity contribution in [3.05, 3.63) is 83.9 Å². The van der Waals surface area contributed by atoms with Gasteiger partial charge in [0.25, 0.3) is 5.91 Å². The first-order valence-electron chi connectivity index (χ1n) is 9.39. The molecule has 0 unspecified atom stereocenters. The first-order chi connectivity index (χ1) is 14.6. The predicted octanol–water partition coefficient (Wildman–Crippen LogP) is 5.25. The molecule has 0 saturated heterocycles. The van der Waals surface area contributed by atoms with Gasteiger partial charge in [0, 0.05) is 23.6 Å². The van der Waals surface area contributed by atoms with E-state index in [0.717, 1.165) is 5.75 Å². The van der Waals surface area contributed by atoms with Gasteiger partial charge >= 0.3 is 0 Å². The highest BCUT2D eigenvalue weighted by molar-refractivity contribution is 6.44. The largest absolute Gasteiger partial charge is 0.457 e. The predicted molar refractivity (Wildman–Crippen MR) is 117 cm³/mol. The first kappa shape index (κ1) is 19.7. The maximum absolute atomic E-state index is 12.6. The summed E-state index contributed by atoms with van der Waals surface area (Å²) in [6, 6.07) is 23.2. The van der Waals surface area contributed by atoms with Crippen molar-refractivity contribution in [3.8, 4) is 11.5 Å². The van der Waals surface area contributed by atoms with Crippen molar-refractivity contribution in [2.45, 2.75) is 12.8 Å². The maximum Gasteiger partial charge on any atom is 0.271 e. The lowest BCUT2D eigenvalue weighted by Gasteiger charge is -2.23. The van der Waals surface area contributed by atoms with Crippen LogP contribution in [-0.4, -0.2) is 17.5 Å². The lowest BCUT2D eigenvalue weighted by molar-refractivity contribution is -0.118. The SMILES string of the molecule is O=C(Nc1ccc(Oc2ccccc2)cc1)C1=NN(c2ccc(Cl)cc2)C(=O)CC1. The van der Waals surface area contributed by atoms with E-state index in [1.807, 2.05) is 30.3 Å². The second-order valence-corrected chi connectivity index (χ2v) is 7.06. The van der Waals surface area contributed by atoms with Gasteiger partial charge in [-0.1, -0.05) is 29.8 Å². The van der Waals surface area contributed by atoms with Gasteiger partial charge in [0.1, 0.15) is 17.2 Å². The van der Waals surface area contributed by atoms with Crippen molar-refractivity contribution >= 4 is 40.5 Å². The van der Waals surface area contributed by atoms with Crippen LogP contribution in [0, 0.1) is 0 Å². The molecule has 0 radical (unpaired) electrons. The Kier molecular flexibility index (Phi) is 5.77. The summed E-state index contributed by atoms with van der Waals surface area (Å²) >= 11 is 5.90. The standard InChI is InChI=1S/C23H18ClN3O3/c24-16-6-10-18(11-7-16)27-22(28)15-14-21(26-27)23(29)25-17-8-12-20(13-9-17)30-19-4-2-1-3-5-19/h1-13H,14-15H2,(H,25,29). The summed E-state index contributed by atoms with van der Waals surface area (Å²) in [5, 5.41) is 8.87. The van der Waals surface area contributed by atoms with E-state index in [1.165, 1.54) is 5.01 Å². The molecule has 0 spiro atoms. The lowest BCUT2D eigenvalue weighted by Crippen LogP contribution is -2.36. The van der Waals surface area contributed by atoms with Gasteiger partial charge in [0.2, 0.25) is 5.91 Å². The zero-order valence-electron chi connectivity index (χ0n) is 15.9. The number of amides is 2. The van der Waals surface area contributed by atoms with E-state index < -0.39 is 0 Å². The fourth-order valence-corrected chi connectivity index (χ4v) is 3.06. The van der Waals surface area contributed by atoms with E-state index in [2.05, 4.69) is 10.4 Å². The maximum atomic E-state index is 12.6. The van der Waals surface area contributed by atoms with E-state index >= 15 is 0 Å². The van der Waals surface area contributed by atoms with Gasteiger partial charge in [0.05, 0.1) is 5.69 Å². The Hall–Kier alpha value is -3.64. The molecule has 0 aliphatic carbocycles. The third-order valence-corrected chi connectivity index (χ3v) is 4.71. The average Bonchev–Trinajstić information content (AvgIpc) is 2.77. The summed E-state index contributed by atoms with van der Waals surface area (Å²) in [4.78, 5) is 24.9. The number of rotatable bonds is 5. The minimum atomic E-state index is -0.349. The fraction of sp³-hybridized carbons (Fsp3) is 0.0870.